The Morgan fingerprint density at radius 3 is 2.15 bits per heavy atom. The van der Waals surface area contributed by atoms with Gasteiger partial charge in [0.1, 0.15) is 5.82 Å². The van der Waals surface area contributed by atoms with Crippen LogP contribution in [0.5, 0.6) is 0 Å². The molecule has 0 aliphatic carbocycles. The van der Waals surface area contributed by atoms with Crippen LogP contribution in [0.1, 0.15) is 54.1 Å². The first-order valence-electron chi connectivity index (χ1n) is 8.53. The van der Waals surface area contributed by atoms with Gasteiger partial charge in [-0.1, -0.05) is 57.2 Å². The van der Waals surface area contributed by atoms with Gasteiger partial charge < -0.3 is 5.32 Å². The molecular weight excluding hydrogens is 324 g/mol. The van der Waals surface area contributed by atoms with E-state index in [9.17, 15) is 4.79 Å². The summed E-state index contributed by atoms with van der Waals surface area (Å²) in [5, 5.41) is 3.07. The molecule has 2 aromatic heterocycles. The van der Waals surface area contributed by atoms with Crippen LogP contribution in [0.25, 0.3) is 0 Å². The SMILES string of the molecule is CC(C)(C)c1ncc(C(=O)N[C@@H](c2ccccc2)c2cccnc2)cn1. The predicted molar refractivity (Wildman–Crippen MR) is 101 cm³/mol. The first-order valence-corrected chi connectivity index (χ1v) is 8.53. The second-order valence-corrected chi connectivity index (χ2v) is 7.15. The van der Waals surface area contributed by atoms with Crippen LogP contribution in [0, 0.1) is 0 Å². The van der Waals surface area contributed by atoms with Gasteiger partial charge in [-0.3, -0.25) is 9.78 Å². The van der Waals surface area contributed by atoms with Gasteiger partial charge in [0.05, 0.1) is 11.6 Å². The summed E-state index contributed by atoms with van der Waals surface area (Å²) in [6.45, 7) is 6.11. The number of pyridine rings is 1. The van der Waals surface area contributed by atoms with Crippen molar-refractivity contribution in [1.82, 2.24) is 20.3 Å². The Balaban J connectivity index is 1.86. The summed E-state index contributed by atoms with van der Waals surface area (Å²) in [7, 11) is 0. The average molecular weight is 346 g/mol. The normalized spacial score (nSPS) is 12.4. The number of hydrogen-bond acceptors (Lipinski definition) is 4. The molecule has 3 rings (SSSR count). The topological polar surface area (TPSA) is 67.8 Å². The molecule has 5 heteroatoms. The Bertz CT molecular complexity index is 817. The summed E-state index contributed by atoms with van der Waals surface area (Å²) in [4.78, 5) is 25.6. The Morgan fingerprint density at radius 2 is 1.58 bits per heavy atom. The lowest BCUT2D eigenvalue weighted by atomic mass is 9.96. The third kappa shape index (κ3) is 4.11. The van der Waals surface area contributed by atoms with Gasteiger partial charge in [0, 0.05) is 30.2 Å². The number of nitrogens with one attached hydrogen (secondary N) is 1. The van der Waals surface area contributed by atoms with Gasteiger partial charge in [0.25, 0.3) is 5.91 Å². The van der Waals surface area contributed by atoms with Crippen LogP contribution < -0.4 is 5.32 Å². The lowest BCUT2D eigenvalue weighted by molar-refractivity contribution is 0.0942. The molecule has 0 spiro atoms. The number of hydrogen-bond donors (Lipinski definition) is 1. The zero-order valence-corrected chi connectivity index (χ0v) is 15.2. The molecule has 26 heavy (non-hydrogen) atoms. The van der Waals surface area contributed by atoms with Gasteiger partial charge in [-0.2, -0.15) is 0 Å². The largest absolute Gasteiger partial charge is 0.341 e. The molecule has 0 fully saturated rings. The van der Waals surface area contributed by atoms with Crippen molar-refractivity contribution in [3.05, 3.63) is 89.8 Å². The van der Waals surface area contributed by atoms with E-state index in [1.165, 1.54) is 0 Å². The summed E-state index contributed by atoms with van der Waals surface area (Å²) in [6.07, 6.45) is 6.63. The lowest BCUT2D eigenvalue weighted by Gasteiger charge is -2.20. The Morgan fingerprint density at radius 1 is 0.923 bits per heavy atom. The van der Waals surface area contributed by atoms with Crippen LogP contribution in [-0.4, -0.2) is 20.9 Å². The number of carbonyl (C=O) groups is 1. The van der Waals surface area contributed by atoms with Gasteiger partial charge in [-0.05, 0) is 17.2 Å². The lowest BCUT2D eigenvalue weighted by Crippen LogP contribution is -2.30. The molecule has 0 aliphatic rings. The maximum atomic E-state index is 12.8. The van der Waals surface area contributed by atoms with E-state index in [4.69, 9.17) is 0 Å². The second-order valence-electron chi connectivity index (χ2n) is 7.15. The minimum absolute atomic E-state index is 0.155. The number of aromatic nitrogens is 3. The van der Waals surface area contributed by atoms with Crippen molar-refractivity contribution in [3.63, 3.8) is 0 Å². The fourth-order valence-electron chi connectivity index (χ4n) is 2.60. The number of benzene rings is 1. The highest BCUT2D eigenvalue weighted by molar-refractivity contribution is 5.94. The van der Waals surface area contributed by atoms with E-state index < -0.39 is 0 Å². The van der Waals surface area contributed by atoms with Crippen LogP contribution in [0.2, 0.25) is 0 Å². The minimum atomic E-state index is -0.292. The summed E-state index contributed by atoms with van der Waals surface area (Å²) >= 11 is 0. The zero-order valence-electron chi connectivity index (χ0n) is 15.2. The molecule has 3 aromatic rings. The molecule has 0 aliphatic heterocycles. The second kappa shape index (κ2) is 7.44. The molecule has 1 N–H and O–H groups in total. The summed E-state index contributed by atoms with van der Waals surface area (Å²) in [5.41, 5.74) is 2.18. The number of nitrogens with zero attached hydrogens (tertiary/aromatic N) is 3. The van der Waals surface area contributed by atoms with Crippen molar-refractivity contribution in [3.8, 4) is 0 Å². The van der Waals surface area contributed by atoms with Crippen molar-refractivity contribution in [2.45, 2.75) is 32.2 Å². The molecule has 0 bridgehead atoms. The van der Waals surface area contributed by atoms with Gasteiger partial charge in [0.2, 0.25) is 0 Å². The predicted octanol–water partition coefficient (Wildman–Crippen LogP) is 3.69. The van der Waals surface area contributed by atoms with Gasteiger partial charge in [-0.15, -0.1) is 0 Å². The van der Waals surface area contributed by atoms with Gasteiger partial charge in [0.15, 0.2) is 0 Å². The number of amides is 1. The molecule has 2 heterocycles. The van der Waals surface area contributed by atoms with Crippen molar-refractivity contribution in [2.75, 3.05) is 0 Å². The third-order valence-corrected chi connectivity index (χ3v) is 4.01. The first-order chi connectivity index (χ1) is 12.4. The number of carbonyl (C=O) groups excluding carboxylic acids is 1. The van der Waals surface area contributed by atoms with E-state index in [1.807, 2.05) is 63.2 Å². The van der Waals surface area contributed by atoms with Crippen molar-refractivity contribution in [2.24, 2.45) is 0 Å². The van der Waals surface area contributed by atoms with Crippen LogP contribution in [-0.2, 0) is 5.41 Å². The molecule has 132 valence electrons. The molecule has 1 amide bonds. The molecule has 0 saturated heterocycles. The Labute approximate surface area is 153 Å². The molecule has 1 aromatic carbocycles. The molecule has 0 unspecified atom stereocenters. The number of rotatable bonds is 4. The Kier molecular flexibility index (Phi) is 5.07. The summed E-state index contributed by atoms with van der Waals surface area (Å²) in [5.74, 6) is 0.490. The molecular formula is C21H22N4O. The maximum absolute atomic E-state index is 12.8. The van der Waals surface area contributed by atoms with Crippen molar-refractivity contribution >= 4 is 5.91 Å². The molecule has 0 saturated carbocycles. The summed E-state index contributed by atoms with van der Waals surface area (Å²) < 4.78 is 0. The van der Waals surface area contributed by atoms with E-state index in [2.05, 4.69) is 20.3 Å². The van der Waals surface area contributed by atoms with Crippen LogP contribution >= 0.6 is 0 Å². The highest BCUT2D eigenvalue weighted by Gasteiger charge is 2.20. The van der Waals surface area contributed by atoms with Gasteiger partial charge in [-0.25, -0.2) is 9.97 Å². The van der Waals surface area contributed by atoms with E-state index >= 15 is 0 Å². The fraction of sp³-hybridized carbons (Fsp3) is 0.238. The molecule has 0 radical (unpaired) electrons. The minimum Gasteiger partial charge on any atom is -0.341 e. The van der Waals surface area contributed by atoms with Crippen LogP contribution in [0.4, 0.5) is 0 Å². The molecule has 5 nitrogen and oxygen atoms in total. The van der Waals surface area contributed by atoms with E-state index in [0.717, 1.165) is 11.1 Å². The Hall–Kier alpha value is -3.08. The van der Waals surface area contributed by atoms with E-state index in [1.54, 1.807) is 24.8 Å². The van der Waals surface area contributed by atoms with Crippen molar-refractivity contribution < 1.29 is 4.79 Å². The van der Waals surface area contributed by atoms with Crippen LogP contribution in [0.3, 0.4) is 0 Å². The van der Waals surface area contributed by atoms with Crippen molar-refractivity contribution in [1.29, 1.82) is 0 Å². The zero-order chi connectivity index (χ0) is 18.6. The van der Waals surface area contributed by atoms with E-state index in [0.29, 0.717) is 11.4 Å². The monoisotopic (exact) mass is 346 g/mol. The van der Waals surface area contributed by atoms with Crippen LogP contribution in [0.15, 0.2) is 67.3 Å². The average Bonchev–Trinajstić information content (AvgIpc) is 2.67. The smallest absolute Gasteiger partial charge is 0.255 e. The first kappa shape index (κ1) is 17.7. The maximum Gasteiger partial charge on any atom is 0.255 e. The third-order valence-electron chi connectivity index (χ3n) is 4.01. The highest BCUT2D eigenvalue weighted by Crippen LogP contribution is 2.22. The van der Waals surface area contributed by atoms with E-state index in [-0.39, 0.29) is 17.4 Å². The van der Waals surface area contributed by atoms with Gasteiger partial charge >= 0.3 is 0 Å². The highest BCUT2D eigenvalue weighted by atomic mass is 16.1. The quantitative estimate of drug-likeness (QED) is 0.782. The summed E-state index contributed by atoms with van der Waals surface area (Å²) in [6, 6.07) is 13.3. The molecule has 1 atom stereocenters. The fourth-order valence-corrected chi connectivity index (χ4v) is 2.60. The standard InChI is InChI=1S/C21H22N4O/c1-21(2,3)20-23-13-17(14-24-20)19(26)25-18(15-8-5-4-6-9-15)16-10-7-11-22-12-16/h4-14,18H,1-3H3,(H,25,26)/t18-/m0/s1.